The second-order valence-corrected chi connectivity index (χ2v) is 3.61. The summed E-state index contributed by atoms with van der Waals surface area (Å²) in [7, 11) is 0. The highest BCUT2D eigenvalue weighted by Gasteiger charge is 2.16. The lowest BCUT2D eigenvalue weighted by Gasteiger charge is -1.96. The number of fused-ring (bicyclic) bond motifs is 1. The minimum Gasteiger partial charge on any atom is -0.383 e. The van der Waals surface area contributed by atoms with Crippen molar-refractivity contribution in [1.29, 1.82) is 0 Å². The van der Waals surface area contributed by atoms with Crippen molar-refractivity contribution in [3.63, 3.8) is 0 Å². The zero-order valence-electron chi connectivity index (χ0n) is 9.25. The molecule has 17 heavy (non-hydrogen) atoms. The van der Waals surface area contributed by atoms with Gasteiger partial charge in [-0.2, -0.15) is 10.2 Å². The van der Waals surface area contributed by atoms with Crippen LogP contribution in [0.1, 0.15) is 6.92 Å². The summed E-state index contributed by atoms with van der Waals surface area (Å²) < 4.78 is 1.80. The van der Waals surface area contributed by atoms with E-state index in [4.69, 9.17) is 5.73 Å². The Labute approximate surface area is 96.7 Å². The molecule has 0 amide bonds. The highest BCUT2D eigenvalue weighted by molar-refractivity contribution is 5.97. The number of nitrogens with one attached hydrogen (secondary N) is 1. The topological polar surface area (TPSA) is 98.3 Å². The van der Waals surface area contributed by atoms with Gasteiger partial charge in [-0.1, -0.05) is 0 Å². The molecule has 3 aromatic rings. The largest absolute Gasteiger partial charge is 0.383 e. The van der Waals surface area contributed by atoms with Gasteiger partial charge in [-0.05, 0) is 6.92 Å². The number of nitrogens with two attached hydrogens (primary N) is 1. The first-order valence-electron chi connectivity index (χ1n) is 5.27. The van der Waals surface area contributed by atoms with E-state index < -0.39 is 0 Å². The maximum Gasteiger partial charge on any atom is 0.163 e. The van der Waals surface area contributed by atoms with Crippen molar-refractivity contribution in [2.24, 2.45) is 0 Å². The molecule has 0 bridgehead atoms. The summed E-state index contributed by atoms with van der Waals surface area (Å²) in [5.41, 5.74) is 8.28. The van der Waals surface area contributed by atoms with Crippen LogP contribution in [0, 0.1) is 0 Å². The third-order valence-corrected chi connectivity index (χ3v) is 2.63. The van der Waals surface area contributed by atoms with E-state index in [-0.39, 0.29) is 0 Å². The zero-order chi connectivity index (χ0) is 11.8. The number of hydrogen-bond donors (Lipinski definition) is 2. The van der Waals surface area contributed by atoms with Crippen LogP contribution in [0.3, 0.4) is 0 Å². The number of rotatable bonds is 2. The lowest BCUT2D eigenvalue weighted by Crippen LogP contribution is -1.98. The Morgan fingerprint density at radius 1 is 1.41 bits per heavy atom. The Kier molecular flexibility index (Phi) is 2.04. The van der Waals surface area contributed by atoms with Crippen molar-refractivity contribution >= 4 is 16.9 Å². The fourth-order valence-corrected chi connectivity index (χ4v) is 1.83. The van der Waals surface area contributed by atoms with Crippen LogP contribution >= 0.6 is 0 Å². The number of H-pyrrole nitrogens is 1. The van der Waals surface area contributed by atoms with E-state index in [1.165, 1.54) is 6.33 Å². The molecular weight excluding hydrogens is 218 g/mol. The zero-order valence-corrected chi connectivity index (χ0v) is 9.25. The number of anilines is 1. The van der Waals surface area contributed by atoms with Gasteiger partial charge in [0.05, 0.1) is 11.6 Å². The number of aryl methyl sites for hydroxylation is 1. The normalized spacial score (nSPS) is 11.1. The van der Waals surface area contributed by atoms with E-state index in [9.17, 15) is 0 Å². The van der Waals surface area contributed by atoms with Gasteiger partial charge in [0.1, 0.15) is 17.8 Å². The third kappa shape index (κ3) is 1.36. The van der Waals surface area contributed by atoms with E-state index in [0.29, 0.717) is 5.82 Å². The van der Waals surface area contributed by atoms with Crippen LogP contribution in [0.5, 0.6) is 0 Å². The van der Waals surface area contributed by atoms with Gasteiger partial charge in [0, 0.05) is 18.3 Å². The van der Waals surface area contributed by atoms with E-state index >= 15 is 0 Å². The summed E-state index contributed by atoms with van der Waals surface area (Å²) in [6.07, 6.45) is 4.92. The third-order valence-electron chi connectivity index (χ3n) is 2.63. The lowest BCUT2D eigenvalue weighted by molar-refractivity contribution is 0.679. The molecule has 0 aliphatic carbocycles. The predicted octanol–water partition coefficient (Wildman–Crippen LogP) is 0.819. The van der Waals surface area contributed by atoms with Crippen LogP contribution in [0.2, 0.25) is 0 Å². The molecule has 86 valence electrons. The van der Waals surface area contributed by atoms with Crippen LogP contribution in [-0.4, -0.2) is 29.9 Å². The summed E-state index contributed by atoms with van der Waals surface area (Å²) in [6, 6.07) is 0. The van der Waals surface area contributed by atoms with Crippen LogP contribution in [0.4, 0.5) is 5.82 Å². The number of aromatic amines is 1. The van der Waals surface area contributed by atoms with E-state index in [2.05, 4.69) is 25.3 Å². The van der Waals surface area contributed by atoms with Crippen molar-refractivity contribution in [1.82, 2.24) is 29.9 Å². The Morgan fingerprint density at radius 3 is 3.00 bits per heavy atom. The first-order chi connectivity index (χ1) is 8.31. The quantitative estimate of drug-likeness (QED) is 0.677. The molecule has 7 heteroatoms. The molecule has 3 aromatic heterocycles. The van der Waals surface area contributed by atoms with Gasteiger partial charge in [-0.3, -0.25) is 5.10 Å². The van der Waals surface area contributed by atoms with E-state index in [1.54, 1.807) is 17.1 Å². The van der Waals surface area contributed by atoms with Crippen LogP contribution < -0.4 is 5.73 Å². The van der Waals surface area contributed by atoms with Crippen LogP contribution in [-0.2, 0) is 6.54 Å². The van der Waals surface area contributed by atoms with Crippen molar-refractivity contribution < 1.29 is 0 Å². The van der Waals surface area contributed by atoms with Gasteiger partial charge in [-0.25, -0.2) is 14.6 Å². The average Bonchev–Trinajstić information content (AvgIpc) is 2.95. The highest BCUT2D eigenvalue weighted by atomic mass is 15.3. The Balaban J connectivity index is 2.39. The summed E-state index contributed by atoms with van der Waals surface area (Å²) in [5.74, 6) is 0.436. The van der Waals surface area contributed by atoms with E-state index in [1.807, 2.05) is 6.92 Å². The van der Waals surface area contributed by atoms with Gasteiger partial charge in [0.25, 0.3) is 0 Å². The molecule has 0 aliphatic heterocycles. The fraction of sp³-hybridized carbons (Fsp3) is 0.200. The van der Waals surface area contributed by atoms with Crippen molar-refractivity contribution in [3.05, 3.63) is 18.7 Å². The minimum atomic E-state index is 0.436. The average molecular weight is 229 g/mol. The van der Waals surface area contributed by atoms with Gasteiger partial charge < -0.3 is 5.73 Å². The number of aromatic nitrogens is 6. The summed E-state index contributed by atoms with van der Waals surface area (Å²) in [6.45, 7) is 2.73. The van der Waals surface area contributed by atoms with Gasteiger partial charge in [0.15, 0.2) is 5.65 Å². The molecule has 0 aliphatic rings. The summed E-state index contributed by atoms with van der Waals surface area (Å²) in [4.78, 5) is 8.23. The Hall–Kier alpha value is -2.44. The lowest BCUT2D eigenvalue weighted by atomic mass is 10.2. The molecule has 0 atom stereocenters. The van der Waals surface area contributed by atoms with Crippen molar-refractivity contribution in [2.75, 3.05) is 5.73 Å². The molecule has 3 heterocycles. The molecule has 0 saturated heterocycles. The highest BCUT2D eigenvalue weighted by Crippen LogP contribution is 2.28. The van der Waals surface area contributed by atoms with Crippen molar-refractivity contribution in [3.8, 4) is 11.3 Å². The monoisotopic (exact) mass is 229 g/mol. The van der Waals surface area contributed by atoms with Crippen LogP contribution in [0.15, 0.2) is 18.7 Å². The standard InChI is InChI=1S/C10H11N7/c1-2-17-10-7(9(11)12-5-13-10)8(16-17)6-3-14-15-4-6/h3-5H,2H2,1H3,(H,14,15)(H2,11,12,13). The molecule has 3 rings (SSSR count). The first kappa shape index (κ1) is 9.76. The molecule has 3 N–H and O–H groups in total. The van der Waals surface area contributed by atoms with Crippen LogP contribution in [0.25, 0.3) is 22.3 Å². The molecule has 0 radical (unpaired) electrons. The predicted molar refractivity (Wildman–Crippen MR) is 63.0 cm³/mol. The summed E-state index contributed by atoms with van der Waals surface area (Å²) >= 11 is 0. The van der Waals surface area contributed by atoms with Gasteiger partial charge in [0.2, 0.25) is 0 Å². The number of hydrogen-bond acceptors (Lipinski definition) is 5. The number of nitrogens with zero attached hydrogens (tertiary/aromatic N) is 5. The smallest absolute Gasteiger partial charge is 0.163 e. The molecule has 7 nitrogen and oxygen atoms in total. The second-order valence-electron chi connectivity index (χ2n) is 3.61. The summed E-state index contributed by atoms with van der Waals surface area (Å²) in [5, 5.41) is 11.9. The SMILES string of the molecule is CCn1nc(-c2cn[nH]c2)c2c(N)ncnc21. The van der Waals surface area contributed by atoms with Gasteiger partial charge in [-0.15, -0.1) is 0 Å². The maximum atomic E-state index is 5.90. The van der Waals surface area contributed by atoms with Gasteiger partial charge >= 0.3 is 0 Å². The minimum absolute atomic E-state index is 0.436. The maximum absolute atomic E-state index is 5.90. The molecule has 0 unspecified atom stereocenters. The molecule has 0 spiro atoms. The van der Waals surface area contributed by atoms with E-state index in [0.717, 1.165) is 28.8 Å². The molecular formula is C10H11N7. The molecule has 0 aromatic carbocycles. The fourth-order valence-electron chi connectivity index (χ4n) is 1.83. The first-order valence-corrected chi connectivity index (χ1v) is 5.27. The Morgan fingerprint density at radius 2 is 2.29 bits per heavy atom. The molecule has 0 saturated carbocycles. The number of nitrogen functional groups attached to an aromatic ring is 1. The van der Waals surface area contributed by atoms with Crippen molar-refractivity contribution in [2.45, 2.75) is 13.5 Å². The molecule has 0 fully saturated rings. The Bertz CT molecular complexity index is 653. The second kappa shape index (κ2) is 3.55.